The number of halogens is 1. The van der Waals surface area contributed by atoms with Crippen LogP contribution in [-0.2, 0) is 4.74 Å². The van der Waals surface area contributed by atoms with Gasteiger partial charge in [0.1, 0.15) is 13.3 Å². The maximum absolute atomic E-state index is 11.6. The van der Waals surface area contributed by atoms with Crippen molar-refractivity contribution in [3.8, 4) is 0 Å². The third kappa shape index (κ3) is 3.43. The Morgan fingerprint density at radius 3 is 2.64 bits per heavy atom. The van der Waals surface area contributed by atoms with Crippen LogP contribution >= 0.6 is 0 Å². The first-order valence-corrected chi connectivity index (χ1v) is 4.14. The molecule has 0 bridgehead atoms. The summed E-state index contributed by atoms with van der Waals surface area (Å²) in [6, 6.07) is 6.90. The van der Waals surface area contributed by atoms with Crippen LogP contribution in [0.3, 0.4) is 0 Å². The molecule has 0 saturated carbocycles. The van der Waals surface area contributed by atoms with E-state index in [-0.39, 0.29) is 6.61 Å². The van der Waals surface area contributed by atoms with Crippen LogP contribution in [-0.4, -0.2) is 19.4 Å². The van der Waals surface area contributed by atoms with Gasteiger partial charge in [0, 0.05) is 5.69 Å². The average molecular weight is 196 g/mol. The van der Waals surface area contributed by atoms with Gasteiger partial charge in [0.15, 0.2) is 0 Å². The van der Waals surface area contributed by atoms with E-state index in [4.69, 9.17) is 0 Å². The van der Waals surface area contributed by atoms with Crippen LogP contribution in [0.25, 0.3) is 0 Å². The number of ether oxygens (including phenoxy) is 1. The molecule has 0 aromatic heterocycles. The maximum atomic E-state index is 11.6. The van der Waals surface area contributed by atoms with E-state index in [1.165, 1.54) is 0 Å². The van der Waals surface area contributed by atoms with Crippen LogP contribution in [0.5, 0.6) is 0 Å². The number of amides is 1. The lowest BCUT2D eigenvalue weighted by Crippen LogP contribution is -2.14. The number of hydrogen-bond donors (Lipinski definition) is 1. The first-order valence-electron chi connectivity index (χ1n) is 4.14. The molecule has 0 aliphatic rings. The third-order valence-corrected chi connectivity index (χ3v) is 1.51. The van der Waals surface area contributed by atoms with E-state index in [1.54, 1.807) is 24.3 Å². The molecule has 0 unspecified atom stereocenters. The molecule has 0 spiro atoms. The van der Waals surface area contributed by atoms with Crippen LogP contribution in [0.1, 0.15) is 5.56 Å². The van der Waals surface area contributed by atoms with E-state index in [1.807, 2.05) is 0 Å². The van der Waals surface area contributed by atoms with Gasteiger partial charge in [-0.3, -0.25) is 5.32 Å². The van der Waals surface area contributed by atoms with Crippen molar-refractivity contribution < 1.29 is 13.9 Å². The van der Waals surface area contributed by atoms with E-state index in [9.17, 15) is 9.18 Å². The molecule has 0 saturated heterocycles. The second-order valence-corrected chi connectivity index (χ2v) is 2.65. The van der Waals surface area contributed by atoms with Gasteiger partial charge in [-0.05, 0) is 24.6 Å². The Balaban J connectivity index is 2.44. The zero-order chi connectivity index (χ0) is 10.4. The second kappa shape index (κ2) is 5.21. The summed E-state index contributed by atoms with van der Waals surface area (Å²) in [5.41, 5.74) is 1.45. The number of benzene rings is 1. The first-order chi connectivity index (χ1) is 6.72. The number of carbonyl (C=O) groups is 1. The molecule has 0 aliphatic carbocycles. The highest BCUT2D eigenvalue weighted by atomic mass is 19.1. The number of hydrogen-bond acceptors (Lipinski definition) is 2. The number of anilines is 1. The van der Waals surface area contributed by atoms with Gasteiger partial charge in [-0.1, -0.05) is 12.1 Å². The minimum Gasteiger partial charge on any atom is -0.447 e. The summed E-state index contributed by atoms with van der Waals surface area (Å²) in [5, 5.41) is 2.45. The fourth-order valence-electron chi connectivity index (χ4n) is 0.873. The van der Waals surface area contributed by atoms with E-state index in [0.29, 0.717) is 5.69 Å². The molecular weight excluding hydrogens is 185 g/mol. The molecule has 1 aromatic rings. The Morgan fingerprint density at radius 1 is 1.43 bits per heavy atom. The summed E-state index contributed by atoms with van der Waals surface area (Å²) in [5.74, 6) is 0. The molecule has 0 fully saturated rings. The van der Waals surface area contributed by atoms with Gasteiger partial charge in [0.2, 0.25) is 0 Å². The molecule has 75 valence electrons. The van der Waals surface area contributed by atoms with Gasteiger partial charge in [-0.15, -0.1) is 0 Å². The molecule has 1 N–H and O–H groups in total. The SMILES string of the molecule is [CH2]c1ccc(NC(=O)OCCF)cc1. The lowest BCUT2D eigenvalue weighted by molar-refractivity contribution is 0.152. The average Bonchev–Trinajstić information content (AvgIpc) is 2.18. The summed E-state index contributed by atoms with van der Waals surface area (Å²) < 4.78 is 16.1. The van der Waals surface area contributed by atoms with Crippen molar-refractivity contribution in [3.05, 3.63) is 36.8 Å². The van der Waals surface area contributed by atoms with Crippen molar-refractivity contribution in [2.24, 2.45) is 0 Å². The number of carbonyl (C=O) groups excluding carboxylic acids is 1. The van der Waals surface area contributed by atoms with Gasteiger partial charge >= 0.3 is 6.09 Å². The van der Waals surface area contributed by atoms with Gasteiger partial charge in [-0.2, -0.15) is 0 Å². The Kier molecular flexibility index (Phi) is 3.91. The van der Waals surface area contributed by atoms with Crippen LogP contribution in [0.15, 0.2) is 24.3 Å². The van der Waals surface area contributed by atoms with E-state index in [2.05, 4.69) is 17.0 Å². The van der Waals surface area contributed by atoms with Crippen LogP contribution < -0.4 is 5.32 Å². The van der Waals surface area contributed by atoms with Crippen LogP contribution in [0.4, 0.5) is 14.9 Å². The Labute approximate surface area is 81.9 Å². The van der Waals surface area contributed by atoms with Gasteiger partial charge in [-0.25, -0.2) is 9.18 Å². The Bertz CT molecular complexity index is 297. The topological polar surface area (TPSA) is 38.3 Å². The van der Waals surface area contributed by atoms with Crippen LogP contribution in [0, 0.1) is 6.92 Å². The largest absolute Gasteiger partial charge is 0.447 e. The van der Waals surface area contributed by atoms with Crippen molar-refractivity contribution >= 4 is 11.8 Å². The molecule has 1 rings (SSSR count). The molecule has 0 aliphatic heterocycles. The summed E-state index contributed by atoms with van der Waals surface area (Å²) in [6.45, 7) is 2.80. The highest BCUT2D eigenvalue weighted by Crippen LogP contribution is 2.08. The molecule has 0 atom stereocenters. The molecule has 1 amide bonds. The fraction of sp³-hybridized carbons (Fsp3) is 0.200. The van der Waals surface area contributed by atoms with Gasteiger partial charge in [0.25, 0.3) is 0 Å². The zero-order valence-electron chi connectivity index (χ0n) is 7.63. The van der Waals surface area contributed by atoms with Crippen molar-refractivity contribution in [1.29, 1.82) is 0 Å². The highest BCUT2D eigenvalue weighted by molar-refractivity contribution is 5.84. The lowest BCUT2D eigenvalue weighted by atomic mass is 10.2. The maximum Gasteiger partial charge on any atom is 0.411 e. The summed E-state index contributed by atoms with van der Waals surface area (Å²) in [7, 11) is 0. The minimum absolute atomic E-state index is 0.223. The van der Waals surface area contributed by atoms with Crippen molar-refractivity contribution in [2.75, 3.05) is 18.6 Å². The van der Waals surface area contributed by atoms with E-state index >= 15 is 0 Å². The predicted molar refractivity (Wildman–Crippen MR) is 51.8 cm³/mol. The number of rotatable bonds is 3. The Morgan fingerprint density at radius 2 is 2.07 bits per heavy atom. The molecule has 4 heteroatoms. The van der Waals surface area contributed by atoms with Crippen molar-refractivity contribution in [2.45, 2.75) is 0 Å². The van der Waals surface area contributed by atoms with Gasteiger partial charge < -0.3 is 4.74 Å². The summed E-state index contributed by atoms with van der Waals surface area (Å²) >= 11 is 0. The fourth-order valence-corrected chi connectivity index (χ4v) is 0.873. The van der Waals surface area contributed by atoms with Gasteiger partial charge in [0.05, 0.1) is 0 Å². The third-order valence-electron chi connectivity index (χ3n) is 1.51. The molecule has 1 aromatic carbocycles. The molecule has 1 radical (unpaired) electrons. The highest BCUT2D eigenvalue weighted by Gasteiger charge is 2.01. The summed E-state index contributed by atoms with van der Waals surface area (Å²) in [4.78, 5) is 10.9. The quantitative estimate of drug-likeness (QED) is 0.806. The number of nitrogens with one attached hydrogen (secondary N) is 1. The van der Waals surface area contributed by atoms with E-state index < -0.39 is 12.8 Å². The molecule has 14 heavy (non-hydrogen) atoms. The summed E-state index contributed by atoms with van der Waals surface area (Å²) in [6.07, 6.45) is -0.653. The van der Waals surface area contributed by atoms with Crippen LogP contribution in [0.2, 0.25) is 0 Å². The lowest BCUT2D eigenvalue weighted by Gasteiger charge is -2.05. The molecule has 3 nitrogen and oxygen atoms in total. The van der Waals surface area contributed by atoms with Crippen molar-refractivity contribution in [1.82, 2.24) is 0 Å². The monoisotopic (exact) mass is 196 g/mol. The normalized spacial score (nSPS) is 9.57. The minimum atomic E-state index is -0.675. The molecular formula is C10H11FNO2. The Hall–Kier alpha value is -1.58. The molecule has 0 heterocycles. The predicted octanol–water partition coefficient (Wildman–Crippen LogP) is 2.39. The number of alkyl halides is 1. The second-order valence-electron chi connectivity index (χ2n) is 2.65. The van der Waals surface area contributed by atoms with Crippen molar-refractivity contribution in [3.63, 3.8) is 0 Å². The smallest absolute Gasteiger partial charge is 0.411 e. The first kappa shape index (κ1) is 10.5. The van der Waals surface area contributed by atoms with E-state index in [0.717, 1.165) is 5.56 Å². The zero-order valence-corrected chi connectivity index (χ0v) is 7.63. The standard InChI is InChI=1S/C10H11FNO2/c1-8-2-4-9(5-3-8)12-10(13)14-7-6-11/h2-5H,1,6-7H2,(H,12,13).